The lowest BCUT2D eigenvalue weighted by molar-refractivity contribution is 0.615. The second-order valence-corrected chi connectivity index (χ2v) is 7.08. The van der Waals surface area contributed by atoms with Crippen molar-refractivity contribution >= 4 is 64.6 Å². The molecule has 0 bridgehead atoms. The van der Waals surface area contributed by atoms with Gasteiger partial charge in [-0.25, -0.2) is 4.98 Å². The molecule has 0 aliphatic heterocycles. The van der Waals surface area contributed by atoms with Crippen molar-refractivity contribution in [3.63, 3.8) is 0 Å². The van der Waals surface area contributed by atoms with E-state index < -0.39 is 0 Å². The van der Waals surface area contributed by atoms with Crippen molar-refractivity contribution in [3.8, 4) is 11.5 Å². The molecular weight excluding hydrogens is 464 g/mol. The summed E-state index contributed by atoms with van der Waals surface area (Å²) in [6.45, 7) is 2.06. The molecule has 0 aliphatic carbocycles. The number of nitrogens with two attached hydrogens (primary N) is 1. The lowest BCUT2D eigenvalue weighted by Gasteiger charge is -2.07. The second kappa shape index (κ2) is 5.74. The molecule has 2 N–H and O–H groups in total. The molecule has 0 atom stereocenters. The normalized spacial score (nSPS) is 11.2. The highest BCUT2D eigenvalue weighted by atomic mass is 79.9. The predicted molar refractivity (Wildman–Crippen MR) is 96.3 cm³/mol. The molecule has 6 heteroatoms. The van der Waals surface area contributed by atoms with E-state index in [1.54, 1.807) is 0 Å². The molecule has 3 aromatic rings. The largest absolute Gasteiger partial charge is 0.436 e. The number of anilines is 1. The minimum Gasteiger partial charge on any atom is -0.436 e. The number of rotatable bonds is 2. The van der Waals surface area contributed by atoms with Gasteiger partial charge >= 0.3 is 0 Å². The van der Waals surface area contributed by atoms with E-state index in [0.29, 0.717) is 11.6 Å². The number of benzene rings is 2. The van der Waals surface area contributed by atoms with Gasteiger partial charge in [-0.15, -0.1) is 0 Å². The Hall–Kier alpha value is -0.850. The molecule has 0 aliphatic rings. The fraction of sp³-hybridized carbons (Fsp3) is 0.133. The molecule has 0 unspecified atom stereocenters. The quantitative estimate of drug-likeness (QED) is 0.468. The molecule has 0 fully saturated rings. The molecule has 0 radical (unpaired) electrons. The Morgan fingerprint density at radius 1 is 1.10 bits per heavy atom. The number of fused-ring (bicyclic) bond motifs is 1. The zero-order valence-electron chi connectivity index (χ0n) is 11.1. The molecule has 1 aromatic heterocycles. The first-order valence-electron chi connectivity index (χ1n) is 6.34. The van der Waals surface area contributed by atoms with Crippen LogP contribution in [0, 0.1) is 0 Å². The van der Waals surface area contributed by atoms with Crippen molar-refractivity contribution in [2.75, 3.05) is 5.73 Å². The number of nitrogen functional groups attached to an aromatic ring is 1. The third-order valence-corrected chi connectivity index (χ3v) is 5.53. The highest BCUT2D eigenvalue weighted by molar-refractivity contribution is 9.11. The van der Waals surface area contributed by atoms with Crippen molar-refractivity contribution in [3.05, 3.63) is 43.2 Å². The van der Waals surface area contributed by atoms with E-state index in [1.165, 1.54) is 0 Å². The number of oxazole rings is 1. The van der Waals surface area contributed by atoms with Gasteiger partial charge in [-0.05, 0) is 62.5 Å². The van der Waals surface area contributed by atoms with Crippen LogP contribution < -0.4 is 5.73 Å². The minimum absolute atomic E-state index is 0.588. The molecule has 0 spiro atoms. The summed E-state index contributed by atoms with van der Waals surface area (Å²) in [6, 6.07) is 7.86. The van der Waals surface area contributed by atoms with Gasteiger partial charge in [0.15, 0.2) is 5.58 Å². The molecule has 108 valence electrons. The highest BCUT2D eigenvalue weighted by Gasteiger charge is 2.19. The van der Waals surface area contributed by atoms with E-state index in [0.717, 1.165) is 42.1 Å². The number of aromatic nitrogens is 1. The van der Waals surface area contributed by atoms with Crippen molar-refractivity contribution in [2.45, 2.75) is 13.3 Å². The van der Waals surface area contributed by atoms with Gasteiger partial charge in [0.2, 0.25) is 5.89 Å². The molecule has 1 heterocycles. The van der Waals surface area contributed by atoms with Crippen LogP contribution in [0.5, 0.6) is 0 Å². The van der Waals surface area contributed by atoms with Gasteiger partial charge in [-0.2, -0.15) is 0 Å². The van der Waals surface area contributed by atoms with Gasteiger partial charge in [0, 0.05) is 20.1 Å². The van der Waals surface area contributed by atoms with Gasteiger partial charge in [0.1, 0.15) is 5.52 Å². The summed E-state index contributed by atoms with van der Waals surface area (Å²) in [5.41, 5.74) is 10.2. The monoisotopic (exact) mass is 472 g/mol. The molecular formula is C15H11Br3N2O. The van der Waals surface area contributed by atoms with Gasteiger partial charge in [-0.3, -0.25) is 0 Å². The van der Waals surface area contributed by atoms with Crippen molar-refractivity contribution in [2.24, 2.45) is 0 Å². The van der Waals surface area contributed by atoms with Gasteiger partial charge in [0.05, 0.1) is 10.2 Å². The summed E-state index contributed by atoms with van der Waals surface area (Å²) in [5.74, 6) is 0.588. The highest BCUT2D eigenvalue weighted by Crippen LogP contribution is 2.41. The van der Waals surface area contributed by atoms with Gasteiger partial charge in [0.25, 0.3) is 0 Å². The zero-order valence-corrected chi connectivity index (χ0v) is 15.8. The average Bonchev–Trinajstić information content (AvgIpc) is 2.91. The lowest BCUT2D eigenvalue weighted by atomic mass is 10.1. The van der Waals surface area contributed by atoms with Crippen LogP contribution in [-0.2, 0) is 6.42 Å². The molecule has 0 amide bonds. The Labute approximate surface area is 147 Å². The first kappa shape index (κ1) is 15.1. The van der Waals surface area contributed by atoms with E-state index in [-0.39, 0.29) is 0 Å². The molecule has 0 saturated heterocycles. The fourth-order valence-corrected chi connectivity index (χ4v) is 3.85. The van der Waals surface area contributed by atoms with E-state index in [9.17, 15) is 0 Å². The Morgan fingerprint density at radius 3 is 2.38 bits per heavy atom. The van der Waals surface area contributed by atoms with Crippen LogP contribution in [0.2, 0.25) is 0 Å². The number of hydrogen-bond acceptors (Lipinski definition) is 3. The Balaban J connectivity index is 2.29. The van der Waals surface area contributed by atoms with Crippen LogP contribution in [0.4, 0.5) is 5.69 Å². The van der Waals surface area contributed by atoms with Crippen LogP contribution in [0.15, 0.2) is 42.1 Å². The molecule has 3 nitrogen and oxygen atoms in total. The maximum absolute atomic E-state index is 6.11. The summed E-state index contributed by atoms with van der Waals surface area (Å²) in [6.07, 6.45) is 0.809. The summed E-state index contributed by atoms with van der Waals surface area (Å²) in [7, 11) is 0. The van der Waals surface area contributed by atoms with E-state index in [2.05, 4.69) is 59.7 Å². The summed E-state index contributed by atoms with van der Waals surface area (Å²) in [4.78, 5) is 4.59. The first-order valence-corrected chi connectivity index (χ1v) is 8.72. The number of hydrogen-bond donors (Lipinski definition) is 1. The van der Waals surface area contributed by atoms with Gasteiger partial charge in [-0.1, -0.05) is 22.9 Å². The van der Waals surface area contributed by atoms with Crippen molar-refractivity contribution < 1.29 is 4.42 Å². The topological polar surface area (TPSA) is 52.0 Å². The summed E-state index contributed by atoms with van der Waals surface area (Å²) in [5, 5.41) is 0. The smallest absolute Gasteiger partial charge is 0.227 e. The molecule has 2 aromatic carbocycles. The maximum Gasteiger partial charge on any atom is 0.227 e. The SMILES string of the molecule is CCc1c(Br)c(N)c(Br)c2nc(-c3ccc(Br)cc3)oc12. The van der Waals surface area contributed by atoms with Gasteiger partial charge < -0.3 is 10.2 Å². The third-order valence-electron chi connectivity index (χ3n) is 3.29. The average molecular weight is 475 g/mol. The third kappa shape index (κ3) is 2.53. The predicted octanol–water partition coefficient (Wildman–Crippen LogP) is 5.93. The standard InChI is InChI=1S/C15H11Br3N2O/c1-2-9-10(17)12(19)11(18)13-14(9)21-15(20-13)7-3-5-8(16)6-4-7/h3-6H,2,19H2,1H3. The molecule has 0 saturated carbocycles. The Morgan fingerprint density at radius 2 is 1.76 bits per heavy atom. The first-order chi connectivity index (χ1) is 10.0. The summed E-state index contributed by atoms with van der Waals surface area (Å²) < 4.78 is 8.63. The zero-order chi connectivity index (χ0) is 15.1. The molecule has 3 rings (SSSR count). The number of nitrogens with zero attached hydrogens (tertiary/aromatic N) is 1. The van der Waals surface area contributed by atoms with E-state index in [4.69, 9.17) is 10.2 Å². The van der Waals surface area contributed by atoms with Crippen molar-refractivity contribution in [1.29, 1.82) is 0 Å². The van der Waals surface area contributed by atoms with Crippen molar-refractivity contribution in [1.82, 2.24) is 4.98 Å². The van der Waals surface area contributed by atoms with Crippen LogP contribution in [0.3, 0.4) is 0 Å². The molecule has 21 heavy (non-hydrogen) atoms. The summed E-state index contributed by atoms with van der Waals surface area (Å²) >= 11 is 10.5. The van der Waals surface area contributed by atoms with Crippen LogP contribution in [0.1, 0.15) is 12.5 Å². The Bertz CT molecular complexity index is 825. The lowest BCUT2D eigenvalue weighted by Crippen LogP contribution is -1.94. The number of aryl methyl sites for hydroxylation is 1. The van der Waals surface area contributed by atoms with Crippen LogP contribution in [0.25, 0.3) is 22.6 Å². The van der Waals surface area contributed by atoms with E-state index >= 15 is 0 Å². The second-order valence-electron chi connectivity index (χ2n) is 4.58. The Kier molecular flexibility index (Phi) is 4.12. The number of halogens is 3. The minimum atomic E-state index is 0.588. The fourth-order valence-electron chi connectivity index (χ4n) is 2.19. The maximum atomic E-state index is 6.11. The van der Waals surface area contributed by atoms with Crippen LogP contribution in [-0.4, -0.2) is 4.98 Å². The van der Waals surface area contributed by atoms with E-state index in [1.807, 2.05) is 24.3 Å². The van der Waals surface area contributed by atoms with Crippen LogP contribution >= 0.6 is 47.8 Å².